The number of methoxy groups -OCH3 is 2. The van der Waals surface area contributed by atoms with Gasteiger partial charge in [-0.2, -0.15) is 0 Å². The van der Waals surface area contributed by atoms with Gasteiger partial charge in [0.25, 0.3) is 0 Å². The van der Waals surface area contributed by atoms with Crippen LogP contribution in [0.15, 0.2) is 18.2 Å². The minimum atomic E-state index is -1.21. The second kappa shape index (κ2) is 5.32. The minimum absolute atomic E-state index is 0.346. The Morgan fingerprint density at radius 3 is 2.62 bits per heavy atom. The molecule has 1 aromatic carbocycles. The van der Waals surface area contributed by atoms with Crippen LogP contribution in [0.2, 0.25) is 0 Å². The average molecular weight is 227 g/mol. The van der Waals surface area contributed by atoms with Crippen molar-refractivity contribution in [1.82, 2.24) is 0 Å². The highest BCUT2D eigenvalue weighted by molar-refractivity contribution is 5.41. The van der Waals surface area contributed by atoms with Crippen LogP contribution >= 0.6 is 0 Å². The molecule has 88 valence electrons. The number of nitro groups is 1. The van der Waals surface area contributed by atoms with E-state index in [1.807, 2.05) is 0 Å². The van der Waals surface area contributed by atoms with Crippen LogP contribution < -0.4 is 9.47 Å². The Bertz CT molecular complexity index is 379. The first-order valence-corrected chi connectivity index (χ1v) is 4.60. The summed E-state index contributed by atoms with van der Waals surface area (Å²) in [5, 5.41) is 20.0. The lowest BCUT2D eigenvalue weighted by molar-refractivity contribution is -0.491. The smallest absolute Gasteiger partial charge is 0.233 e. The molecule has 16 heavy (non-hydrogen) atoms. The van der Waals surface area contributed by atoms with E-state index in [1.165, 1.54) is 20.3 Å². The summed E-state index contributed by atoms with van der Waals surface area (Å²) in [6.45, 7) is -0.566. The van der Waals surface area contributed by atoms with E-state index in [0.29, 0.717) is 17.1 Å². The molecular formula is C10H13NO5. The Kier molecular flexibility index (Phi) is 4.07. The maximum atomic E-state index is 10.3. The molecule has 6 heteroatoms. The van der Waals surface area contributed by atoms with Crippen molar-refractivity contribution >= 4 is 0 Å². The zero-order valence-corrected chi connectivity index (χ0v) is 9.04. The van der Waals surface area contributed by atoms with Crippen LogP contribution in [0.1, 0.15) is 11.7 Å². The Hall–Kier alpha value is -1.82. The Morgan fingerprint density at radius 2 is 2.12 bits per heavy atom. The molecule has 0 radical (unpaired) electrons. The van der Waals surface area contributed by atoms with Gasteiger partial charge in [-0.3, -0.25) is 10.1 Å². The number of nitrogens with zero attached hydrogens (tertiary/aromatic N) is 1. The molecule has 0 fully saturated rings. The zero-order valence-electron chi connectivity index (χ0n) is 9.04. The van der Waals surface area contributed by atoms with Gasteiger partial charge in [0.15, 0.2) is 0 Å². The summed E-state index contributed by atoms with van der Waals surface area (Å²) in [5.41, 5.74) is 0.346. The predicted molar refractivity (Wildman–Crippen MR) is 56.4 cm³/mol. The quantitative estimate of drug-likeness (QED) is 0.599. The molecule has 0 aliphatic rings. The van der Waals surface area contributed by atoms with Crippen molar-refractivity contribution in [2.24, 2.45) is 0 Å². The third kappa shape index (κ3) is 2.83. The maximum Gasteiger partial charge on any atom is 0.233 e. The summed E-state index contributed by atoms with van der Waals surface area (Å²) in [7, 11) is 2.91. The zero-order chi connectivity index (χ0) is 12.1. The molecule has 0 aromatic heterocycles. The molecule has 0 amide bonds. The first-order chi connectivity index (χ1) is 7.58. The highest BCUT2D eigenvalue weighted by Crippen LogP contribution is 2.29. The van der Waals surface area contributed by atoms with Gasteiger partial charge in [0.1, 0.15) is 17.6 Å². The van der Waals surface area contributed by atoms with Crippen molar-refractivity contribution in [3.8, 4) is 11.5 Å². The van der Waals surface area contributed by atoms with E-state index >= 15 is 0 Å². The van der Waals surface area contributed by atoms with Crippen LogP contribution in [-0.4, -0.2) is 30.8 Å². The molecule has 1 N–H and O–H groups in total. The second-order valence-electron chi connectivity index (χ2n) is 3.14. The Balaban J connectivity index is 3.02. The van der Waals surface area contributed by atoms with E-state index in [2.05, 4.69) is 0 Å². The van der Waals surface area contributed by atoms with Gasteiger partial charge >= 0.3 is 0 Å². The van der Waals surface area contributed by atoms with Crippen molar-refractivity contribution < 1.29 is 19.5 Å². The van der Waals surface area contributed by atoms with Crippen molar-refractivity contribution in [3.63, 3.8) is 0 Å². The molecule has 0 aliphatic heterocycles. The minimum Gasteiger partial charge on any atom is -0.497 e. The second-order valence-corrected chi connectivity index (χ2v) is 3.14. The van der Waals surface area contributed by atoms with E-state index in [1.54, 1.807) is 12.1 Å². The lowest BCUT2D eigenvalue weighted by Crippen LogP contribution is -2.12. The van der Waals surface area contributed by atoms with Gasteiger partial charge < -0.3 is 14.6 Å². The van der Waals surface area contributed by atoms with Crippen molar-refractivity contribution in [3.05, 3.63) is 33.9 Å². The van der Waals surface area contributed by atoms with Crippen LogP contribution in [-0.2, 0) is 0 Å². The summed E-state index contributed by atoms with van der Waals surface area (Å²) in [4.78, 5) is 9.73. The molecule has 0 heterocycles. The van der Waals surface area contributed by atoms with Gasteiger partial charge in [-0.15, -0.1) is 0 Å². The number of hydrogen-bond acceptors (Lipinski definition) is 5. The predicted octanol–water partition coefficient (Wildman–Crippen LogP) is 1.01. The van der Waals surface area contributed by atoms with E-state index in [-0.39, 0.29) is 0 Å². The van der Waals surface area contributed by atoms with Gasteiger partial charge in [-0.05, 0) is 18.2 Å². The molecule has 0 bridgehead atoms. The van der Waals surface area contributed by atoms with Crippen molar-refractivity contribution in [1.29, 1.82) is 0 Å². The fourth-order valence-corrected chi connectivity index (χ4v) is 1.34. The van der Waals surface area contributed by atoms with Crippen LogP contribution in [0, 0.1) is 10.1 Å². The number of aliphatic hydroxyl groups excluding tert-OH is 1. The number of aliphatic hydroxyl groups is 1. The number of ether oxygens (including phenoxy) is 2. The van der Waals surface area contributed by atoms with Crippen LogP contribution in [0.4, 0.5) is 0 Å². The van der Waals surface area contributed by atoms with E-state index in [0.717, 1.165) is 0 Å². The van der Waals surface area contributed by atoms with Crippen LogP contribution in [0.5, 0.6) is 11.5 Å². The molecule has 0 aliphatic carbocycles. The lowest BCUT2D eigenvalue weighted by Gasteiger charge is -2.12. The molecule has 6 nitrogen and oxygen atoms in total. The normalized spacial score (nSPS) is 11.9. The molecule has 1 aromatic rings. The monoisotopic (exact) mass is 227 g/mol. The average Bonchev–Trinajstić information content (AvgIpc) is 2.27. The number of rotatable bonds is 5. The summed E-state index contributed by atoms with van der Waals surface area (Å²) in [6.07, 6.45) is -1.21. The maximum absolute atomic E-state index is 10.3. The molecule has 0 spiro atoms. The summed E-state index contributed by atoms with van der Waals surface area (Å²) < 4.78 is 9.98. The lowest BCUT2D eigenvalue weighted by atomic mass is 10.1. The van der Waals surface area contributed by atoms with Crippen molar-refractivity contribution in [2.45, 2.75) is 6.10 Å². The van der Waals surface area contributed by atoms with Crippen LogP contribution in [0.25, 0.3) is 0 Å². The first kappa shape index (κ1) is 12.3. The SMILES string of the molecule is COc1ccc(OC)c([C@H](O)C[N+](=O)[O-])c1. The Labute approximate surface area is 92.6 Å². The highest BCUT2D eigenvalue weighted by Gasteiger charge is 2.19. The third-order valence-electron chi connectivity index (χ3n) is 2.12. The molecular weight excluding hydrogens is 214 g/mol. The Morgan fingerprint density at radius 1 is 1.44 bits per heavy atom. The highest BCUT2D eigenvalue weighted by atomic mass is 16.6. The van der Waals surface area contributed by atoms with Crippen molar-refractivity contribution in [2.75, 3.05) is 20.8 Å². The van der Waals surface area contributed by atoms with Gasteiger partial charge in [-0.1, -0.05) is 0 Å². The standard InChI is InChI=1S/C10H13NO5/c1-15-7-3-4-10(16-2)8(5-7)9(12)6-11(13)14/h3-5,9,12H,6H2,1-2H3/t9-/m1/s1. The van der Waals surface area contributed by atoms with E-state index < -0.39 is 17.6 Å². The first-order valence-electron chi connectivity index (χ1n) is 4.60. The summed E-state index contributed by atoms with van der Waals surface area (Å²) in [5.74, 6) is 0.911. The molecule has 0 unspecified atom stereocenters. The fourth-order valence-electron chi connectivity index (χ4n) is 1.34. The molecule has 0 saturated heterocycles. The topological polar surface area (TPSA) is 81.8 Å². The largest absolute Gasteiger partial charge is 0.497 e. The van der Waals surface area contributed by atoms with Gasteiger partial charge in [0.2, 0.25) is 6.54 Å². The van der Waals surface area contributed by atoms with Gasteiger partial charge in [0, 0.05) is 10.5 Å². The molecule has 0 saturated carbocycles. The summed E-state index contributed by atoms with van der Waals surface area (Å²) >= 11 is 0. The fraction of sp³-hybridized carbons (Fsp3) is 0.400. The molecule has 1 rings (SSSR count). The van der Waals surface area contributed by atoms with Gasteiger partial charge in [-0.25, -0.2) is 0 Å². The summed E-state index contributed by atoms with van der Waals surface area (Å²) in [6, 6.07) is 4.77. The number of benzene rings is 1. The molecule has 1 atom stereocenters. The van der Waals surface area contributed by atoms with Crippen LogP contribution in [0.3, 0.4) is 0 Å². The van der Waals surface area contributed by atoms with E-state index in [9.17, 15) is 15.2 Å². The third-order valence-corrected chi connectivity index (χ3v) is 2.12. The van der Waals surface area contributed by atoms with Gasteiger partial charge in [0.05, 0.1) is 14.2 Å². The number of hydrogen-bond donors (Lipinski definition) is 1. The van der Waals surface area contributed by atoms with E-state index in [4.69, 9.17) is 9.47 Å².